The first-order valence-corrected chi connectivity index (χ1v) is 12.6. The fraction of sp³-hybridized carbons (Fsp3) is 0.321. The van der Waals surface area contributed by atoms with E-state index in [1.807, 2.05) is 26.0 Å². The van der Waals surface area contributed by atoms with E-state index in [1.54, 1.807) is 0 Å². The molecule has 1 saturated heterocycles. The van der Waals surface area contributed by atoms with Crippen LogP contribution < -0.4 is 4.74 Å². The Bertz CT molecular complexity index is 1010. The highest BCUT2D eigenvalue weighted by Gasteiger charge is 2.38. The minimum Gasteiger partial charge on any atom is -0.481 e. The van der Waals surface area contributed by atoms with Crippen LogP contribution in [-0.2, 0) is 25.2 Å². The van der Waals surface area contributed by atoms with Crippen molar-refractivity contribution in [3.8, 4) is 5.75 Å². The summed E-state index contributed by atoms with van der Waals surface area (Å²) in [7, 11) is -0.224. The van der Waals surface area contributed by atoms with Crippen LogP contribution in [0.15, 0.2) is 87.5 Å². The molecule has 0 saturated carbocycles. The quantitative estimate of drug-likeness (QED) is 0.300. The van der Waals surface area contributed by atoms with Crippen LogP contribution in [0.3, 0.4) is 0 Å². The number of hydrogen-bond acceptors (Lipinski definition) is 4. The summed E-state index contributed by atoms with van der Waals surface area (Å²) in [5.74, 6) is 0.406. The molecule has 0 unspecified atom stereocenters. The first-order chi connectivity index (χ1) is 16.0. The molecule has 0 amide bonds. The minimum atomic E-state index is -0.342. The van der Waals surface area contributed by atoms with Crippen LogP contribution in [0, 0.1) is 19.3 Å². The average molecular weight is 464 g/mol. The van der Waals surface area contributed by atoms with Gasteiger partial charge in [0.05, 0.1) is 29.5 Å². The summed E-state index contributed by atoms with van der Waals surface area (Å²) in [5, 5.41) is 0. The van der Waals surface area contributed by atoms with Crippen molar-refractivity contribution in [1.82, 2.24) is 0 Å². The Morgan fingerprint density at radius 1 is 0.909 bits per heavy atom. The summed E-state index contributed by atoms with van der Waals surface area (Å²) in [4.78, 5) is 16.1. The summed E-state index contributed by atoms with van der Waals surface area (Å²) in [6.07, 6.45) is 0.936. The molecule has 3 aromatic carbocycles. The number of carbonyl (C=O) groups is 1. The number of esters is 1. The maximum atomic E-state index is 12.3. The fourth-order valence-electron chi connectivity index (χ4n) is 3.96. The molecular weight excluding hydrogens is 432 g/mol. The monoisotopic (exact) mass is 463 g/mol. The van der Waals surface area contributed by atoms with Gasteiger partial charge in [0, 0.05) is 12.1 Å². The highest BCUT2D eigenvalue weighted by molar-refractivity contribution is 7.97. The van der Waals surface area contributed by atoms with E-state index in [-0.39, 0.29) is 28.9 Å². The molecule has 0 aliphatic carbocycles. The van der Waals surface area contributed by atoms with E-state index in [0.29, 0.717) is 19.8 Å². The topological polar surface area (TPSA) is 44.8 Å². The van der Waals surface area contributed by atoms with Crippen molar-refractivity contribution in [2.45, 2.75) is 41.9 Å². The molecule has 1 aliphatic rings. The van der Waals surface area contributed by atoms with Crippen LogP contribution in [0.2, 0.25) is 0 Å². The second-order valence-corrected chi connectivity index (χ2v) is 10.6. The Balaban J connectivity index is 1.50. The molecule has 5 heteroatoms. The molecule has 4 nitrogen and oxygen atoms in total. The van der Waals surface area contributed by atoms with Crippen molar-refractivity contribution in [2.24, 2.45) is 5.41 Å². The Kier molecular flexibility index (Phi) is 7.41. The van der Waals surface area contributed by atoms with E-state index >= 15 is 0 Å². The number of aryl methyl sites for hydroxylation is 2. The van der Waals surface area contributed by atoms with Crippen LogP contribution >= 0.6 is 0 Å². The molecule has 0 N–H and O–H groups in total. The molecule has 0 bridgehead atoms. The van der Waals surface area contributed by atoms with Crippen molar-refractivity contribution in [3.05, 3.63) is 83.9 Å². The van der Waals surface area contributed by atoms with Gasteiger partial charge in [-0.1, -0.05) is 43.3 Å². The zero-order valence-corrected chi connectivity index (χ0v) is 20.3. The molecule has 1 heterocycles. The van der Waals surface area contributed by atoms with E-state index in [0.717, 1.165) is 23.3 Å². The lowest BCUT2D eigenvalue weighted by atomic mass is 9.84. The number of hydrogen-bond donors (Lipinski definition) is 0. The van der Waals surface area contributed by atoms with E-state index < -0.39 is 0 Å². The maximum absolute atomic E-state index is 12.3. The second-order valence-electron chi connectivity index (χ2n) is 8.61. The van der Waals surface area contributed by atoms with Crippen molar-refractivity contribution >= 4 is 16.9 Å². The van der Waals surface area contributed by atoms with Crippen LogP contribution in [-0.4, -0.2) is 32.4 Å². The predicted octanol–water partition coefficient (Wildman–Crippen LogP) is 5.75. The summed E-state index contributed by atoms with van der Waals surface area (Å²) in [6.45, 7) is 7.77. The fourth-order valence-corrected chi connectivity index (χ4v) is 6.23. The summed E-state index contributed by atoms with van der Waals surface area (Å²) in [6, 6.07) is 25.5. The largest absolute Gasteiger partial charge is 0.481 e. The van der Waals surface area contributed by atoms with E-state index in [2.05, 4.69) is 67.6 Å². The molecule has 0 atom stereocenters. The number of ether oxygens (including phenoxy) is 3. The highest BCUT2D eigenvalue weighted by Crippen LogP contribution is 2.35. The average Bonchev–Trinajstić information content (AvgIpc) is 2.80. The zero-order chi connectivity index (χ0) is 23.3. The molecule has 0 aromatic heterocycles. The van der Waals surface area contributed by atoms with Crippen molar-refractivity contribution < 1.29 is 19.0 Å². The van der Waals surface area contributed by atoms with Gasteiger partial charge >= 0.3 is 5.97 Å². The Hall–Kier alpha value is -2.76. The molecule has 33 heavy (non-hydrogen) atoms. The summed E-state index contributed by atoms with van der Waals surface area (Å²) >= 11 is 0. The van der Waals surface area contributed by atoms with Gasteiger partial charge in [0.2, 0.25) is 0 Å². The molecule has 3 aromatic rings. The van der Waals surface area contributed by atoms with Crippen LogP contribution in [0.4, 0.5) is 0 Å². The third-order valence-corrected chi connectivity index (χ3v) is 8.26. The molecule has 172 valence electrons. The van der Waals surface area contributed by atoms with Gasteiger partial charge in [-0.05, 0) is 55.7 Å². The van der Waals surface area contributed by atoms with Gasteiger partial charge in [0.1, 0.15) is 12.4 Å². The predicted molar refractivity (Wildman–Crippen MR) is 131 cm³/mol. The molecular formula is C28H31O4S+. The Labute approximate surface area is 199 Å². The lowest BCUT2D eigenvalue weighted by Crippen LogP contribution is -2.46. The van der Waals surface area contributed by atoms with E-state index in [9.17, 15) is 4.79 Å². The van der Waals surface area contributed by atoms with Crippen molar-refractivity contribution in [1.29, 1.82) is 0 Å². The molecule has 1 fully saturated rings. The first-order valence-electron chi connectivity index (χ1n) is 11.3. The van der Waals surface area contributed by atoms with Gasteiger partial charge in [-0.15, -0.1) is 0 Å². The lowest BCUT2D eigenvalue weighted by Gasteiger charge is -2.39. The van der Waals surface area contributed by atoms with Gasteiger partial charge in [0.15, 0.2) is 21.3 Å². The third kappa shape index (κ3) is 5.43. The van der Waals surface area contributed by atoms with Gasteiger partial charge in [-0.25, -0.2) is 4.79 Å². The minimum absolute atomic E-state index is 0.0199. The van der Waals surface area contributed by atoms with Crippen molar-refractivity contribution in [2.75, 3.05) is 26.4 Å². The molecule has 0 radical (unpaired) electrons. The van der Waals surface area contributed by atoms with Gasteiger partial charge in [0.25, 0.3) is 0 Å². The molecule has 1 aliphatic heterocycles. The molecule has 4 rings (SSSR count). The lowest BCUT2D eigenvalue weighted by molar-refractivity contribution is -0.171. The van der Waals surface area contributed by atoms with E-state index in [4.69, 9.17) is 14.2 Å². The third-order valence-electron chi connectivity index (χ3n) is 6.07. The number of carbonyl (C=O) groups excluding carboxylic acids is 1. The SMILES string of the molecule is CCC1(COC(=O)COc2c(C)cc([S+](c3ccccc3)c3ccccc3)cc2C)COC1. The molecule has 0 spiro atoms. The zero-order valence-electron chi connectivity index (χ0n) is 19.5. The standard InChI is InChI=1S/C28H31O4S/c1-4-28(18-30-19-28)20-32-26(29)17-31-27-21(2)15-25(16-22(27)3)33(23-11-7-5-8-12-23)24-13-9-6-10-14-24/h5-16H,4,17-20H2,1-3H3/q+1. The Morgan fingerprint density at radius 2 is 1.45 bits per heavy atom. The smallest absolute Gasteiger partial charge is 0.344 e. The van der Waals surface area contributed by atoms with Gasteiger partial charge in [-0.3, -0.25) is 0 Å². The summed E-state index contributed by atoms with van der Waals surface area (Å²) in [5.41, 5.74) is 2.01. The van der Waals surface area contributed by atoms with Crippen LogP contribution in [0.5, 0.6) is 5.75 Å². The maximum Gasteiger partial charge on any atom is 0.344 e. The van der Waals surface area contributed by atoms with Crippen molar-refractivity contribution in [3.63, 3.8) is 0 Å². The highest BCUT2D eigenvalue weighted by atomic mass is 32.2. The summed E-state index contributed by atoms with van der Waals surface area (Å²) < 4.78 is 16.7. The van der Waals surface area contributed by atoms with Gasteiger partial charge in [-0.2, -0.15) is 0 Å². The van der Waals surface area contributed by atoms with Crippen LogP contribution in [0.25, 0.3) is 0 Å². The second kappa shape index (κ2) is 10.4. The van der Waals surface area contributed by atoms with Gasteiger partial charge < -0.3 is 14.2 Å². The normalized spacial score (nSPS) is 14.5. The Morgan fingerprint density at radius 3 is 1.91 bits per heavy atom. The van der Waals surface area contributed by atoms with Crippen LogP contribution in [0.1, 0.15) is 24.5 Å². The van der Waals surface area contributed by atoms with E-state index in [1.165, 1.54) is 14.7 Å². The number of rotatable bonds is 9. The first kappa shape index (κ1) is 23.4. The number of benzene rings is 3.